The molecule has 1 fully saturated rings. The third-order valence-corrected chi connectivity index (χ3v) is 5.29. The van der Waals surface area contributed by atoms with E-state index in [1.54, 1.807) is 0 Å². The lowest BCUT2D eigenvalue weighted by molar-refractivity contribution is -0.147. The summed E-state index contributed by atoms with van der Waals surface area (Å²) in [7, 11) is 0. The van der Waals surface area contributed by atoms with Crippen molar-refractivity contribution in [1.82, 2.24) is 0 Å². The van der Waals surface area contributed by atoms with E-state index in [-0.39, 0.29) is 16.0 Å². The average Bonchev–Trinajstić information content (AvgIpc) is 3.06. The zero-order chi connectivity index (χ0) is 17.5. The van der Waals surface area contributed by atoms with Crippen LogP contribution in [-0.4, -0.2) is 5.97 Å². The number of hydrogen-bond acceptors (Lipinski definition) is 2. The first-order valence-electron chi connectivity index (χ1n) is 6.57. The van der Waals surface area contributed by atoms with Crippen LogP contribution in [0.2, 0.25) is 10.0 Å². The van der Waals surface area contributed by atoms with Crippen molar-refractivity contribution >= 4 is 52.4 Å². The highest BCUT2D eigenvalue weighted by Gasteiger charge is 2.64. The molecule has 1 aliphatic carbocycles. The molecule has 1 aromatic rings. The lowest BCUT2D eigenvalue weighted by atomic mass is 10.1. The molecule has 126 valence electrons. The Morgan fingerprint density at radius 1 is 1.26 bits per heavy atom. The van der Waals surface area contributed by atoms with Crippen molar-refractivity contribution in [2.24, 2.45) is 17.3 Å². The number of benzene rings is 1. The molecule has 0 amide bonds. The maximum Gasteiger partial charge on any atom is 0.310 e. The highest BCUT2D eigenvalue weighted by atomic mass is 35.5. The summed E-state index contributed by atoms with van der Waals surface area (Å²) < 4.78 is 32.7. The fraction of sp³-hybridized carbons (Fsp3) is 0.400. The molecule has 2 unspecified atom stereocenters. The van der Waals surface area contributed by atoms with Crippen LogP contribution in [0.25, 0.3) is 0 Å². The van der Waals surface area contributed by atoms with Gasteiger partial charge in [0.2, 0.25) is 0 Å². The van der Waals surface area contributed by atoms with Crippen LogP contribution in [-0.2, 0) is 16.1 Å². The number of halogens is 6. The number of allylic oxidation sites excluding steroid dienone is 1. The second kappa shape index (κ2) is 6.75. The normalized spacial score (nSPS) is 22.9. The number of rotatable bonds is 4. The molecule has 1 aliphatic rings. The predicted octanol–water partition coefficient (Wildman–Crippen LogP) is 5.91. The van der Waals surface area contributed by atoms with Gasteiger partial charge in [0.1, 0.15) is 6.61 Å². The summed E-state index contributed by atoms with van der Waals surface area (Å²) in [6.45, 7) is 3.03. The van der Waals surface area contributed by atoms with E-state index in [4.69, 9.17) is 51.1 Å². The Bertz CT molecular complexity index is 662. The predicted molar refractivity (Wildman–Crippen MR) is 86.7 cm³/mol. The highest BCUT2D eigenvalue weighted by Crippen LogP contribution is 2.63. The molecule has 0 heterocycles. The standard InChI is InChI=1S/C15H12Cl4F2O2/c1-15(2)10(9(19)4-16)11(15)14(22)23-5-6-12(20)7(17)3-8(18)13(6)21/h3-4,10-11H,5H2,1-2H3/b9-4-. The van der Waals surface area contributed by atoms with E-state index in [2.05, 4.69) is 0 Å². The van der Waals surface area contributed by atoms with Crippen molar-refractivity contribution in [2.45, 2.75) is 20.5 Å². The van der Waals surface area contributed by atoms with Gasteiger partial charge in [0.25, 0.3) is 0 Å². The van der Waals surface area contributed by atoms with Gasteiger partial charge in [-0.2, -0.15) is 0 Å². The number of ether oxygens (including phenoxy) is 1. The Kier molecular flexibility index (Phi) is 5.51. The van der Waals surface area contributed by atoms with Crippen molar-refractivity contribution in [1.29, 1.82) is 0 Å². The number of esters is 1. The van der Waals surface area contributed by atoms with E-state index >= 15 is 0 Å². The molecule has 0 bridgehead atoms. The number of carbonyl (C=O) groups is 1. The average molecular weight is 404 g/mol. The Morgan fingerprint density at radius 2 is 1.78 bits per heavy atom. The molecule has 1 saturated carbocycles. The van der Waals surface area contributed by atoms with Crippen LogP contribution in [0, 0.1) is 28.9 Å². The molecular formula is C15H12Cl4F2O2. The Labute approximate surface area is 152 Å². The van der Waals surface area contributed by atoms with Crippen LogP contribution in [0.1, 0.15) is 19.4 Å². The van der Waals surface area contributed by atoms with Gasteiger partial charge in [-0.15, -0.1) is 0 Å². The molecular weight excluding hydrogens is 392 g/mol. The lowest BCUT2D eigenvalue weighted by Crippen LogP contribution is -2.12. The largest absolute Gasteiger partial charge is 0.460 e. The molecule has 0 radical (unpaired) electrons. The van der Waals surface area contributed by atoms with Gasteiger partial charge in [0.15, 0.2) is 11.6 Å². The summed E-state index contributed by atoms with van der Waals surface area (Å²) in [4.78, 5) is 12.2. The van der Waals surface area contributed by atoms with Crippen LogP contribution in [0.4, 0.5) is 8.78 Å². The van der Waals surface area contributed by atoms with Crippen molar-refractivity contribution < 1.29 is 18.3 Å². The minimum Gasteiger partial charge on any atom is -0.460 e. The Hall–Kier alpha value is -0.550. The van der Waals surface area contributed by atoms with Crippen LogP contribution in [0.5, 0.6) is 0 Å². The maximum absolute atomic E-state index is 13.9. The molecule has 0 saturated heterocycles. The van der Waals surface area contributed by atoms with Gasteiger partial charge in [-0.25, -0.2) is 8.78 Å². The van der Waals surface area contributed by atoms with E-state index in [9.17, 15) is 13.6 Å². The summed E-state index contributed by atoms with van der Waals surface area (Å²) in [5, 5.41) is -0.359. The SMILES string of the molecule is CC1(C)C(C(=O)OCc2c(F)c(Cl)cc(Cl)c2F)C1/C(Cl)=C/Cl. The van der Waals surface area contributed by atoms with Crippen molar-refractivity contribution in [2.75, 3.05) is 0 Å². The second-order valence-electron chi connectivity index (χ2n) is 5.83. The third-order valence-electron chi connectivity index (χ3n) is 4.04. The summed E-state index contributed by atoms with van der Waals surface area (Å²) >= 11 is 22.7. The van der Waals surface area contributed by atoms with E-state index in [0.29, 0.717) is 5.03 Å². The van der Waals surface area contributed by atoms with Gasteiger partial charge in [-0.1, -0.05) is 60.3 Å². The Balaban J connectivity index is 2.13. The molecule has 0 N–H and O–H groups in total. The quantitative estimate of drug-likeness (QED) is 0.461. The summed E-state index contributed by atoms with van der Waals surface area (Å²) in [6, 6.07) is 0.949. The summed E-state index contributed by atoms with van der Waals surface area (Å²) in [5.74, 6) is -3.46. The molecule has 2 rings (SSSR count). The smallest absolute Gasteiger partial charge is 0.310 e. The molecule has 0 aliphatic heterocycles. The third kappa shape index (κ3) is 3.46. The monoisotopic (exact) mass is 402 g/mol. The van der Waals surface area contributed by atoms with Gasteiger partial charge in [0, 0.05) is 16.5 Å². The highest BCUT2D eigenvalue weighted by molar-refractivity contribution is 6.37. The van der Waals surface area contributed by atoms with E-state index in [0.717, 1.165) is 6.07 Å². The van der Waals surface area contributed by atoms with Crippen LogP contribution in [0.15, 0.2) is 16.6 Å². The topological polar surface area (TPSA) is 26.3 Å². The molecule has 2 nitrogen and oxygen atoms in total. The zero-order valence-corrected chi connectivity index (χ0v) is 15.1. The number of hydrogen-bond donors (Lipinski definition) is 0. The van der Waals surface area contributed by atoms with Gasteiger partial charge < -0.3 is 4.74 Å². The van der Waals surface area contributed by atoms with Crippen molar-refractivity contribution in [3.8, 4) is 0 Å². The van der Waals surface area contributed by atoms with Crippen molar-refractivity contribution in [3.63, 3.8) is 0 Å². The van der Waals surface area contributed by atoms with Gasteiger partial charge in [-0.05, 0) is 11.5 Å². The zero-order valence-electron chi connectivity index (χ0n) is 12.1. The van der Waals surface area contributed by atoms with E-state index in [1.165, 1.54) is 5.54 Å². The van der Waals surface area contributed by atoms with E-state index in [1.807, 2.05) is 13.8 Å². The number of carbonyl (C=O) groups excluding carboxylic acids is 1. The van der Waals surface area contributed by atoms with Gasteiger partial charge >= 0.3 is 5.97 Å². The molecule has 0 spiro atoms. The molecule has 2 atom stereocenters. The first kappa shape index (κ1) is 18.8. The minimum absolute atomic E-state index is 0.285. The summed E-state index contributed by atoms with van der Waals surface area (Å²) in [6.07, 6.45) is 0. The molecule has 23 heavy (non-hydrogen) atoms. The lowest BCUT2D eigenvalue weighted by Gasteiger charge is -2.09. The van der Waals surface area contributed by atoms with E-state index < -0.39 is 41.1 Å². The fourth-order valence-electron chi connectivity index (χ4n) is 2.64. The van der Waals surface area contributed by atoms with Crippen LogP contribution in [0.3, 0.4) is 0 Å². The van der Waals surface area contributed by atoms with Crippen LogP contribution < -0.4 is 0 Å². The summed E-state index contributed by atoms with van der Waals surface area (Å²) in [5.41, 5.74) is 0.254. The molecule has 8 heteroatoms. The Morgan fingerprint density at radius 3 is 2.26 bits per heavy atom. The second-order valence-corrected chi connectivity index (χ2v) is 7.29. The van der Waals surface area contributed by atoms with Gasteiger partial charge in [-0.3, -0.25) is 4.79 Å². The molecule has 1 aromatic carbocycles. The first-order valence-corrected chi connectivity index (χ1v) is 8.14. The van der Waals surface area contributed by atoms with Crippen molar-refractivity contribution in [3.05, 3.63) is 43.9 Å². The van der Waals surface area contributed by atoms with Gasteiger partial charge in [0.05, 0.1) is 21.5 Å². The first-order chi connectivity index (χ1) is 10.6. The van der Waals surface area contributed by atoms with Crippen LogP contribution >= 0.6 is 46.4 Å². The maximum atomic E-state index is 13.9. The fourth-order valence-corrected chi connectivity index (χ4v) is 3.69. The molecule has 0 aromatic heterocycles. The minimum atomic E-state index is -1.01.